The smallest absolute Gasteiger partial charge is 0.135 e. The molecule has 1 aromatic carbocycles. The maximum absolute atomic E-state index is 13.5. The molecule has 0 radical (unpaired) electrons. The summed E-state index contributed by atoms with van der Waals surface area (Å²) in [5.74, 6) is -0.242. The van der Waals surface area contributed by atoms with Gasteiger partial charge in [-0.1, -0.05) is 29.9 Å². The van der Waals surface area contributed by atoms with Crippen molar-refractivity contribution in [1.82, 2.24) is 25.1 Å². The van der Waals surface area contributed by atoms with Crippen molar-refractivity contribution < 1.29 is 4.39 Å². The highest BCUT2D eigenvalue weighted by molar-refractivity contribution is 5.92. The lowest BCUT2D eigenvalue weighted by molar-refractivity contribution is 0.627. The Labute approximate surface area is 189 Å². The van der Waals surface area contributed by atoms with E-state index in [4.69, 9.17) is 4.98 Å². The van der Waals surface area contributed by atoms with Crippen LogP contribution >= 0.6 is 0 Å². The lowest BCUT2D eigenvalue weighted by Crippen LogP contribution is -1.92. The van der Waals surface area contributed by atoms with Crippen molar-refractivity contribution in [3.05, 3.63) is 107 Å². The third-order valence-electron chi connectivity index (χ3n) is 5.97. The van der Waals surface area contributed by atoms with Crippen molar-refractivity contribution in [2.45, 2.75) is 13.3 Å². The summed E-state index contributed by atoms with van der Waals surface area (Å²) in [6.45, 7) is 2.11. The fourth-order valence-corrected chi connectivity index (χ4v) is 4.31. The molecule has 4 heterocycles. The SMILES string of the molecule is CC1=CC=C(c2ccc(F)cc2)c2cc(-c3n[nH]c4ccc(-c5ccncc5)nc34)[nH]c2C1. The topological polar surface area (TPSA) is 70.2 Å². The highest BCUT2D eigenvalue weighted by atomic mass is 19.1. The first kappa shape index (κ1) is 19.4. The van der Waals surface area contributed by atoms with Crippen LogP contribution in [-0.4, -0.2) is 25.1 Å². The van der Waals surface area contributed by atoms with Crippen LogP contribution in [0.2, 0.25) is 0 Å². The number of aromatic nitrogens is 5. The van der Waals surface area contributed by atoms with E-state index in [-0.39, 0.29) is 5.82 Å². The second-order valence-corrected chi connectivity index (χ2v) is 8.25. The van der Waals surface area contributed by atoms with Crippen LogP contribution in [0.3, 0.4) is 0 Å². The summed E-state index contributed by atoms with van der Waals surface area (Å²) in [6, 6.07) is 16.6. The number of fused-ring (bicyclic) bond motifs is 2. The summed E-state index contributed by atoms with van der Waals surface area (Å²) in [4.78, 5) is 12.6. The normalized spacial score (nSPS) is 13.4. The number of aromatic amines is 2. The molecule has 0 unspecified atom stereocenters. The van der Waals surface area contributed by atoms with Crippen LogP contribution in [-0.2, 0) is 6.42 Å². The van der Waals surface area contributed by atoms with Gasteiger partial charge in [0.05, 0.1) is 16.9 Å². The average Bonchev–Trinajstić information content (AvgIpc) is 3.41. The monoisotopic (exact) mass is 433 g/mol. The van der Waals surface area contributed by atoms with Gasteiger partial charge in [0.2, 0.25) is 0 Å². The molecule has 0 atom stereocenters. The molecule has 6 rings (SSSR count). The summed E-state index contributed by atoms with van der Waals surface area (Å²) >= 11 is 0. The number of rotatable bonds is 3. The molecule has 1 aliphatic carbocycles. The summed E-state index contributed by atoms with van der Waals surface area (Å²) in [6.07, 6.45) is 8.55. The van der Waals surface area contributed by atoms with Gasteiger partial charge in [0.1, 0.15) is 17.0 Å². The molecule has 4 aromatic heterocycles. The van der Waals surface area contributed by atoms with Crippen molar-refractivity contribution in [1.29, 1.82) is 0 Å². The zero-order valence-corrected chi connectivity index (χ0v) is 17.9. The molecule has 0 fully saturated rings. The van der Waals surface area contributed by atoms with Crippen LogP contribution in [0.5, 0.6) is 0 Å². The zero-order valence-electron chi connectivity index (χ0n) is 17.9. The molecule has 0 saturated heterocycles. The van der Waals surface area contributed by atoms with E-state index in [1.165, 1.54) is 17.7 Å². The minimum Gasteiger partial charge on any atom is -0.356 e. The highest BCUT2D eigenvalue weighted by Gasteiger charge is 2.20. The van der Waals surface area contributed by atoms with Crippen LogP contribution in [0.25, 0.3) is 39.3 Å². The predicted molar refractivity (Wildman–Crippen MR) is 128 cm³/mol. The van der Waals surface area contributed by atoms with Crippen LogP contribution in [0.1, 0.15) is 23.7 Å². The predicted octanol–water partition coefficient (Wildman–Crippen LogP) is 6.09. The van der Waals surface area contributed by atoms with Crippen LogP contribution in [0.4, 0.5) is 4.39 Å². The number of benzene rings is 1. The Morgan fingerprint density at radius 2 is 1.73 bits per heavy atom. The number of hydrogen-bond donors (Lipinski definition) is 2. The van der Waals surface area contributed by atoms with E-state index in [1.807, 2.05) is 36.4 Å². The average molecular weight is 433 g/mol. The summed E-state index contributed by atoms with van der Waals surface area (Å²) in [5.41, 5.74) is 10.7. The Kier molecular flexibility index (Phi) is 4.50. The molecule has 0 bridgehead atoms. The van der Waals surface area contributed by atoms with Gasteiger partial charge >= 0.3 is 0 Å². The van der Waals surface area contributed by atoms with Crippen molar-refractivity contribution in [3.8, 4) is 22.6 Å². The van der Waals surface area contributed by atoms with E-state index >= 15 is 0 Å². The molecule has 5 nitrogen and oxygen atoms in total. The lowest BCUT2D eigenvalue weighted by Gasteiger charge is -2.07. The first-order valence-electron chi connectivity index (χ1n) is 10.8. The molecular weight excluding hydrogens is 413 g/mol. The second kappa shape index (κ2) is 7.67. The van der Waals surface area contributed by atoms with Gasteiger partial charge in [0, 0.05) is 35.6 Å². The molecule has 6 heteroatoms. The van der Waals surface area contributed by atoms with Gasteiger partial charge < -0.3 is 4.98 Å². The second-order valence-electron chi connectivity index (χ2n) is 8.25. The minimum absolute atomic E-state index is 0.242. The van der Waals surface area contributed by atoms with Gasteiger partial charge in [0.15, 0.2) is 0 Å². The Morgan fingerprint density at radius 3 is 2.55 bits per heavy atom. The van der Waals surface area contributed by atoms with Gasteiger partial charge in [-0.05, 0) is 60.5 Å². The maximum atomic E-state index is 13.5. The number of nitrogens with zero attached hydrogens (tertiary/aromatic N) is 3. The Hall–Kier alpha value is -4.32. The third kappa shape index (κ3) is 3.46. The highest BCUT2D eigenvalue weighted by Crippen LogP contribution is 2.35. The van der Waals surface area contributed by atoms with Crippen LogP contribution < -0.4 is 0 Å². The number of H-pyrrole nitrogens is 2. The fraction of sp³-hybridized carbons (Fsp3) is 0.0741. The molecule has 33 heavy (non-hydrogen) atoms. The number of halogens is 1. The van der Waals surface area contributed by atoms with E-state index in [1.54, 1.807) is 12.4 Å². The largest absolute Gasteiger partial charge is 0.356 e. The van der Waals surface area contributed by atoms with Crippen LogP contribution in [0.15, 0.2) is 84.7 Å². The molecule has 1 aliphatic rings. The van der Waals surface area contributed by atoms with E-state index in [9.17, 15) is 4.39 Å². The standard InChI is InChI=1S/C27H20FN5/c1-16-2-7-20(17-3-5-19(28)6-4-17)21-15-25(30-24(21)14-16)27-26-23(32-33-27)9-8-22(31-26)18-10-12-29-13-11-18/h2-13,15,30H,14H2,1H3,(H,32,33). The van der Waals surface area contributed by atoms with Gasteiger partial charge in [0.25, 0.3) is 0 Å². The van der Waals surface area contributed by atoms with E-state index in [2.05, 4.69) is 45.3 Å². The Morgan fingerprint density at radius 1 is 0.909 bits per heavy atom. The Balaban J connectivity index is 1.48. The fourth-order valence-electron chi connectivity index (χ4n) is 4.31. The van der Waals surface area contributed by atoms with E-state index < -0.39 is 0 Å². The number of nitrogens with one attached hydrogen (secondary N) is 2. The van der Waals surface area contributed by atoms with Gasteiger partial charge in [-0.3, -0.25) is 10.1 Å². The Bertz CT molecular complexity index is 1540. The van der Waals surface area contributed by atoms with E-state index in [0.717, 1.165) is 62.5 Å². The van der Waals surface area contributed by atoms with Gasteiger partial charge in [-0.25, -0.2) is 9.37 Å². The number of hydrogen-bond acceptors (Lipinski definition) is 3. The van der Waals surface area contributed by atoms with Crippen molar-refractivity contribution in [2.75, 3.05) is 0 Å². The quantitative estimate of drug-likeness (QED) is 0.362. The number of allylic oxidation sites excluding steroid dienone is 3. The summed E-state index contributed by atoms with van der Waals surface area (Å²) in [5, 5.41) is 7.68. The third-order valence-corrected chi connectivity index (χ3v) is 5.97. The molecule has 0 aliphatic heterocycles. The molecular formula is C27H20FN5. The molecule has 160 valence electrons. The summed E-state index contributed by atoms with van der Waals surface area (Å²) in [7, 11) is 0. The van der Waals surface area contributed by atoms with Crippen molar-refractivity contribution in [2.24, 2.45) is 0 Å². The molecule has 0 amide bonds. The van der Waals surface area contributed by atoms with Crippen LogP contribution in [0, 0.1) is 5.82 Å². The molecule has 5 aromatic rings. The first-order chi connectivity index (χ1) is 16.2. The summed E-state index contributed by atoms with van der Waals surface area (Å²) < 4.78 is 13.5. The van der Waals surface area contributed by atoms with Crippen molar-refractivity contribution >= 4 is 16.6 Å². The van der Waals surface area contributed by atoms with E-state index in [0.29, 0.717) is 0 Å². The lowest BCUT2D eigenvalue weighted by atomic mass is 9.97. The maximum Gasteiger partial charge on any atom is 0.135 e. The van der Waals surface area contributed by atoms with Crippen molar-refractivity contribution in [3.63, 3.8) is 0 Å². The van der Waals surface area contributed by atoms with Gasteiger partial charge in [-0.15, -0.1) is 0 Å². The number of pyridine rings is 2. The zero-order chi connectivity index (χ0) is 22.4. The minimum atomic E-state index is -0.242. The molecule has 0 saturated carbocycles. The first-order valence-corrected chi connectivity index (χ1v) is 10.8. The van der Waals surface area contributed by atoms with Gasteiger partial charge in [-0.2, -0.15) is 5.10 Å². The molecule has 2 N–H and O–H groups in total. The molecule has 0 spiro atoms.